The molecular formula is C15H17FN2O. The van der Waals surface area contributed by atoms with Crippen LogP contribution in [0.1, 0.15) is 25.8 Å². The van der Waals surface area contributed by atoms with Crippen molar-refractivity contribution in [3.8, 4) is 6.07 Å². The maximum absolute atomic E-state index is 13.6. The first-order valence-electron chi connectivity index (χ1n) is 6.62. The summed E-state index contributed by atoms with van der Waals surface area (Å²) in [6, 6.07) is 6.88. The minimum absolute atomic E-state index is 0.0141. The molecule has 1 aliphatic carbocycles. The summed E-state index contributed by atoms with van der Waals surface area (Å²) in [5.74, 6) is -0.00587. The zero-order valence-corrected chi connectivity index (χ0v) is 11.1. The van der Waals surface area contributed by atoms with Crippen LogP contribution in [0.25, 0.3) is 0 Å². The fourth-order valence-corrected chi connectivity index (χ4v) is 3.54. The Bertz CT molecular complexity index is 550. The van der Waals surface area contributed by atoms with Crippen molar-refractivity contribution in [1.29, 1.82) is 5.26 Å². The number of ether oxygens (including phenoxy) is 1. The zero-order valence-electron chi connectivity index (χ0n) is 11.1. The molecule has 1 N–H and O–H groups in total. The van der Waals surface area contributed by atoms with Gasteiger partial charge < -0.3 is 10.1 Å². The Morgan fingerprint density at radius 1 is 1.47 bits per heavy atom. The van der Waals surface area contributed by atoms with Crippen LogP contribution in [0, 0.1) is 28.5 Å². The van der Waals surface area contributed by atoms with E-state index in [0.29, 0.717) is 11.6 Å². The average molecular weight is 260 g/mol. The summed E-state index contributed by atoms with van der Waals surface area (Å²) in [6.45, 7) is 5.11. The van der Waals surface area contributed by atoms with Crippen molar-refractivity contribution in [3.63, 3.8) is 0 Å². The molecule has 1 heterocycles. The van der Waals surface area contributed by atoms with E-state index >= 15 is 0 Å². The molecule has 3 nitrogen and oxygen atoms in total. The third-order valence-electron chi connectivity index (χ3n) is 4.54. The summed E-state index contributed by atoms with van der Waals surface area (Å²) < 4.78 is 19.3. The number of halogens is 1. The molecule has 0 bridgehead atoms. The predicted octanol–water partition coefficient (Wildman–Crippen LogP) is 2.92. The van der Waals surface area contributed by atoms with E-state index in [9.17, 15) is 4.39 Å². The fourth-order valence-electron chi connectivity index (χ4n) is 3.54. The highest BCUT2D eigenvalue weighted by molar-refractivity contribution is 5.59. The molecule has 19 heavy (non-hydrogen) atoms. The molecule has 1 saturated heterocycles. The Kier molecular flexibility index (Phi) is 2.75. The topological polar surface area (TPSA) is 45.0 Å². The van der Waals surface area contributed by atoms with Crippen LogP contribution in [0.15, 0.2) is 18.2 Å². The molecule has 0 aromatic heterocycles. The second-order valence-electron chi connectivity index (χ2n) is 5.96. The number of nitrogens with zero attached hydrogens (tertiary/aromatic N) is 1. The van der Waals surface area contributed by atoms with Gasteiger partial charge in [0.1, 0.15) is 17.4 Å². The van der Waals surface area contributed by atoms with Crippen LogP contribution in [-0.4, -0.2) is 18.8 Å². The van der Waals surface area contributed by atoms with Crippen molar-refractivity contribution in [1.82, 2.24) is 0 Å². The van der Waals surface area contributed by atoms with Gasteiger partial charge in [-0.2, -0.15) is 5.26 Å². The highest BCUT2D eigenvalue weighted by atomic mass is 19.1. The smallest absolute Gasteiger partial charge is 0.143 e. The molecule has 3 unspecified atom stereocenters. The van der Waals surface area contributed by atoms with Gasteiger partial charge in [-0.3, -0.25) is 0 Å². The van der Waals surface area contributed by atoms with Crippen molar-refractivity contribution in [2.24, 2.45) is 11.3 Å². The second-order valence-corrected chi connectivity index (χ2v) is 5.96. The first-order valence-corrected chi connectivity index (χ1v) is 6.62. The van der Waals surface area contributed by atoms with Crippen LogP contribution in [0.5, 0.6) is 0 Å². The van der Waals surface area contributed by atoms with E-state index < -0.39 is 5.82 Å². The SMILES string of the molecule is CC1(C)C(Nc2cccc(F)c2C#N)C2CCOC21. The van der Waals surface area contributed by atoms with E-state index in [0.717, 1.165) is 13.0 Å². The average Bonchev–Trinajstić information content (AvgIpc) is 2.83. The lowest BCUT2D eigenvalue weighted by molar-refractivity contribution is -0.0923. The highest BCUT2D eigenvalue weighted by Crippen LogP contribution is 2.53. The number of fused-ring (bicyclic) bond motifs is 1. The monoisotopic (exact) mass is 260 g/mol. The summed E-state index contributed by atoms with van der Waals surface area (Å²) in [5, 5.41) is 12.4. The summed E-state index contributed by atoms with van der Waals surface area (Å²) in [5.41, 5.74) is 0.701. The number of hydrogen-bond donors (Lipinski definition) is 1. The molecule has 0 amide bonds. The lowest BCUT2D eigenvalue weighted by atomic mass is 9.57. The van der Waals surface area contributed by atoms with Crippen molar-refractivity contribution in [3.05, 3.63) is 29.6 Å². The highest BCUT2D eigenvalue weighted by Gasteiger charge is 2.59. The molecule has 4 heteroatoms. The molecule has 1 aromatic carbocycles. The van der Waals surface area contributed by atoms with Crippen LogP contribution < -0.4 is 5.32 Å². The molecule has 3 rings (SSSR count). The molecule has 1 saturated carbocycles. The van der Waals surface area contributed by atoms with Gasteiger partial charge in [0.15, 0.2) is 0 Å². The summed E-state index contributed by atoms with van der Waals surface area (Å²) in [6.07, 6.45) is 1.31. The van der Waals surface area contributed by atoms with E-state index in [1.807, 2.05) is 6.07 Å². The van der Waals surface area contributed by atoms with Gasteiger partial charge in [0.2, 0.25) is 0 Å². The van der Waals surface area contributed by atoms with Crippen LogP contribution >= 0.6 is 0 Å². The van der Waals surface area contributed by atoms with Crippen LogP contribution in [-0.2, 0) is 4.74 Å². The van der Waals surface area contributed by atoms with E-state index in [2.05, 4.69) is 19.2 Å². The molecular weight excluding hydrogens is 243 g/mol. The van der Waals surface area contributed by atoms with Crippen molar-refractivity contribution < 1.29 is 9.13 Å². The number of rotatable bonds is 2. The quantitative estimate of drug-likeness (QED) is 0.889. The molecule has 0 spiro atoms. The lowest BCUT2D eigenvalue weighted by Gasteiger charge is -2.55. The maximum atomic E-state index is 13.6. The van der Waals surface area contributed by atoms with Gasteiger partial charge in [-0.25, -0.2) is 4.39 Å². The van der Waals surface area contributed by atoms with Crippen LogP contribution in [0.4, 0.5) is 10.1 Å². The van der Waals surface area contributed by atoms with Crippen LogP contribution in [0.2, 0.25) is 0 Å². The fraction of sp³-hybridized carbons (Fsp3) is 0.533. The maximum Gasteiger partial charge on any atom is 0.143 e. The normalized spacial score (nSPS) is 31.2. The van der Waals surface area contributed by atoms with Gasteiger partial charge in [-0.05, 0) is 18.6 Å². The minimum atomic E-state index is -0.469. The Balaban J connectivity index is 1.87. The number of nitrogens with one attached hydrogen (secondary N) is 1. The first-order chi connectivity index (χ1) is 9.05. The summed E-state index contributed by atoms with van der Waals surface area (Å²) >= 11 is 0. The summed E-state index contributed by atoms with van der Waals surface area (Å²) in [4.78, 5) is 0. The number of benzene rings is 1. The number of hydrogen-bond acceptors (Lipinski definition) is 3. The van der Waals surface area contributed by atoms with Crippen molar-refractivity contribution in [2.45, 2.75) is 32.4 Å². The molecule has 100 valence electrons. The van der Waals surface area contributed by atoms with E-state index in [4.69, 9.17) is 10.00 Å². The molecule has 0 radical (unpaired) electrons. The Labute approximate surface area is 112 Å². The van der Waals surface area contributed by atoms with E-state index in [1.54, 1.807) is 12.1 Å². The number of anilines is 1. The Morgan fingerprint density at radius 2 is 2.26 bits per heavy atom. The number of nitriles is 1. The van der Waals surface area contributed by atoms with Gasteiger partial charge in [0.25, 0.3) is 0 Å². The lowest BCUT2D eigenvalue weighted by Crippen LogP contribution is -2.63. The largest absolute Gasteiger partial charge is 0.380 e. The van der Waals surface area contributed by atoms with Gasteiger partial charge in [0, 0.05) is 24.0 Å². The van der Waals surface area contributed by atoms with Gasteiger partial charge in [0.05, 0.1) is 11.8 Å². The third kappa shape index (κ3) is 1.73. The third-order valence-corrected chi connectivity index (χ3v) is 4.54. The molecule has 1 aliphatic heterocycles. The Morgan fingerprint density at radius 3 is 3.00 bits per heavy atom. The molecule has 2 aliphatic rings. The van der Waals surface area contributed by atoms with Crippen molar-refractivity contribution >= 4 is 5.69 Å². The first kappa shape index (κ1) is 12.4. The van der Waals surface area contributed by atoms with E-state index in [-0.39, 0.29) is 23.1 Å². The predicted molar refractivity (Wildman–Crippen MR) is 70.2 cm³/mol. The molecule has 3 atom stereocenters. The Hall–Kier alpha value is -1.60. The van der Waals surface area contributed by atoms with Gasteiger partial charge >= 0.3 is 0 Å². The van der Waals surface area contributed by atoms with Gasteiger partial charge in [-0.15, -0.1) is 0 Å². The second kappa shape index (κ2) is 4.21. The zero-order chi connectivity index (χ0) is 13.6. The molecule has 1 aromatic rings. The van der Waals surface area contributed by atoms with E-state index in [1.165, 1.54) is 6.07 Å². The van der Waals surface area contributed by atoms with Gasteiger partial charge in [-0.1, -0.05) is 19.9 Å². The van der Waals surface area contributed by atoms with Crippen molar-refractivity contribution in [2.75, 3.05) is 11.9 Å². The minimum Gasteiger partial charge on any atom is -0.380 e. The van der Waals surface area contributed by atoms with Crippen LogP contribution in [0.3, 0.4) is 0 Å². The molecule has 2 fully saturated rings. The summed E-state index contributed by atoms with van der Waals surface area (Å²) in [7, 11) is 0. The standard InChI is InChI=1S/C15H17FN2O/c1-15(2)13(9-6-7-19-14(9)15)18-12-5-3-4-11(16)10(12)8-17/h3-5,9,13-14,18H,6-7H2,1-2H3.